The van der Waals surface area contributed by atoms with Crippen molar-refractivity contribution in [2.75, 3.05) is 13.6 Å². The number of amides is 1. The molecule has 0 aromatic rings. The largest absolute Gasteiger partial charge is 0.303 e. The maximum Gasteiger partial charge on any atom is 0.235 e. The number of unbranched alkanes of at least 4 members (excludes halogenated alkanes) is 2. The van der Waals surface area contributed by atoms with Crippen LogP contribution in [0.2, 0.25) is 0 Å². The second kappa shape index (κ2) is 7.76. The predicted octanol–water partition coefficient (Wildman–Crippen LogP) is 0.877. The van der Waals surface area contributed by atoms with E-state index in [0.717, 1.165) is 6.54 Å². The fourth-order valence-electron chi connectivity index (χ4n) is 1.31. The van der Waals surface area contributed by atoms with E-state index in [9.17, 15) is 4.79 Å². The molecule has 1 amide bonds. The summed E-state index contributed by atoms with van der Waals surface area (Å²) in [6, 6.07) is 0.260. The summed E-state index contributed by atoms with van der Waals surface area (Å²) in [5, 5.41) is 0. The van der Waals surface area contributed by atoms with E-state index >= 15 is 0 Å². The van der Waals surface area contributed by atoms with Gasteiger partial charge in [0.25, 0.3) is 0 Å². The van der Waals surface area contributed by atoms with Crippen LogP contribution in [0, 0.1) is 0 Å². The molecule has 0 radical (unpaired) electrons. The highest BCUT2D eigenvalue weighted by Gasteiger charge is 2.12. The first-order chi connectivity index (χ1) is 6.61. The molecule has 14 heavy (non-hydrogen) atoms. The van der Waals surface area contributed by atoms with Crippen molar-refractivity contribution >= 4 is 5.91 Å². The van der Waals surface area contributed by atoms with Crippen LogP contribution in [0.15, 0.2) is 0 Å². The molecule has 0 saturated carbocycles. The fraction of sp³-hybridized carbons (Fsp3) is 0.900. The Morgan fingerprint density at radius 2 is 2.14 bits per heavy atom. The summed E-state index contributed by atoms with van der Waals surface area (Å²) in [6.07, 6.45) is 4.15. The summed E-state index contributed by atoms with van der Waals surface area (Å²) in [4.78, 5) is 13.2. The molecule has 84 valence electrons. The van der Waals surface area contributed by atoms with Crippen molar-refractivity contribution in [3.8, 4) is 0 Å². The first-order valence-electron chi connectivity index (χ1n) is 5.31. The number of nitrogens with two attached hydrogens (primary N) is 1. The van der Waals surface area contributed by atoms with E-state index in [2.05, 4.69) is 17.2 Å². The molecule has 4 nitrogen and oxygen atoms in total. The van der Waals surface area contributed by atoms with Crippen molar-refractivity contribution in [3.63, 3.8) is 0 Å². The monoisotopic (exact) mass is 201 g/mol. The van der Waals surface area contributed by atoms with Gasteiger partial charge in [0, 0.05) is 12.5 Å². The van der Waals surface area contributed by atoms with Crippen LogP contribution in [-0.4, -0.2) is 30.4 Å². The number of carbonyl (C=O) groups excluding carboxylic acids is 1. The van der Waals surface area contributed by atoms with E-state index in [1.54, 1.807) is 0 Å². The second-order valence-corrected chi connectivity index (χ2v) is 3.81. The molecule has 0 aromatic carbocycles. The quantitative estimate of drug-likeness (QED) is 0.278. The van der Waals surface area contributed by atoms with Crippen molar-refractivity contribution < 1.29 is 4.79 Å². The van der Waals surface area contributed by atoms with Crippen LogP contribution in [0.5, 0.6) is 0 Å². The number of nitrogens with one attached hydrogen (secondary N) is 1. The van der Waals surface area contributed by atoms with Crippen LogP contribution >= 0.6 is 0 Å². The van der Waals surface area contributed by atoms with Crippen LogP contribution in [0.1, 0.15) is 39.5 Å². The molecule has 0 heterocycles. The Hall–Kier alpha value is -0.610. The van der Waals surface area contributed by atoms with E-state index in [1.165, 1.54) is 19.3 Å². The molecule has 0 aromatic heterocycles. The minimum Gasteiger partial charge on any atom is -0.303 e. The van der Waals surface area contributed by atoms with Crippen molar-refractivity contribution in [2.45, 2.75) is 45.6 Å². The van der Waals surface area contributed by atoms with Gasteiger partial charge in [0.05, 0.1) is 0 Å². The number of hydrogen-bond donors (Lipinski definition) is 2. The van der Waals surface area contributed by atoms with Gasteiger partial charge in [-0.2, -0.15) is 0 Å². The van der Waals surface area contributed by atoms with Gasteiger partial charge >= 0.3 is 0 Å². The number of nitrogens with zero attached hydrogens (tertiary/aromatic N) is 1. The Morgan fingerprint density at radius 1 is 1.50 bits per heavy atom. The molecule has 0 aliphatic rings. The van der Waals surface area contributed by atoms with E-state index < -0.39 is 0 Å². The average Bonchev–Trinajstić information content (AvgIpc) is 2.17. The Balaban J connectivity index is 3.64. The van der Waals surface area contributed by atoms with E-state index in [4.69, 9.17) is 5.84 Å². The van der Waals surface area contributed by atoms with Gasteiger partial charge in [-0.25, -0.2) is 5.84 Å². The maximum atomic E-state index is 11.0. The third kappa shape index (κ3) is 5.94. The minimum absolute atomic E-state index is 0.0974. The lowest BCUT2D eigenvalue weighted by atomic mass is 10.2. The fourth-order valence-corrected chi connectivity index (χ4v) is 1.31. The number of hydrogen-bond acceptors (Lipinski definition) is 3. The predicted molar refractivity (Wildman–Crippen MR) is 58.6 cm³/mol. The molecule has 0 rings (SSSR count). The number of carbonyl (C=O) groups is 1. The molecule has 0 aliphatic carbocycles. The summed E-state index contributed by atoms with van der Waals surface area (Å²) < 4.78 is 0. The lowest BCUT2D eigenvalue weighted by Crippen LogP contribution is -2.38. The van der Waals surface area contributed by atoms with Crippen LogP contribution in [-0.2, 0) is 4.79 Å². The molecule has 1 atom stereocenters. The van der Waals surface area contributed by atoms with Crippen LogP contribution < -0.4 is 11.3 Å². The SMILES string of the molecule is CCCCCN(C)C(C)CC(=O)NN. The smallest absolute Gasteiger partial charge is 0.235 e. The summed E-state index contributed by atoms with van der Waals surface area (Å²) in [5.41, 5.74) is 2.15. The zero-order valence-electron chi connectivity index (χ0n) is 9.55. The topological polar surface area (TPSA) is 58.4 Å². The lowest BCUT2D eigenvalue weighted by Gasteiger charge is -2.23. The molecule has 0 saturated heterocycles. The lowest BCUT2D eigenvalue weighted by molar-refractivity contribution is -0.122. The minimum atomic E-state index is -0.0974. The van der Waals surface area contributed by atoms with Gasteiger partial charge in [-0.3, -0.25) is 10.2 Å². The van der Waals surface area contributed by atoms with Crippen molar-refractivity contribution in [2.24, 2.45) is 5.84 Å². The van der Waals surface area contributed by atoms with E-state index in [0.29, 0.717) is 6.42 Å². The second-order valence-electron chi connectivity index (χ2n) is 3.81. The highest BCUT2D eigenvalue weighted by atomic mass is 16.2. The first-order valence-corrected chi connectivity index (χ1v) is 5.31. The van der Waals surface area contributed by atoms with Gasteiger partial charge in [0.15, 0.2) is 0 Å². The van der Waals surface area contributed by atoms with E-state index in [1.807, 2.05) is 14.0 Å². The van der Waals surface area contributed by atoms with Gasteiger partial charge < -0.3 is 4.90 Å². The molecule has 0 bridgehead atoms. The van der Waals surface area contributed by atoms with Gasteiger partial charge in [-0.15, -0.1) is 0 Å². The zero-order chi connectivity index (χ0) is 11.0. The molecule has 3 N–H and O–H groups in total. The number of hydrazine groups is 1. The molecule has 1 unspecified atom stereocenters. The maximum absolute atomic E-state index is 11.0. The Bertz CT molecular complexity index is 161. The summed E-state index contributed by atoms with van der Waals surface area (Å²) in [6.45, 7) is 5.28. The van der Waals surface area contributed by atoms with Gasteiger partial charge in [-0.1, -0.05) is 19.8 Å². The normalized spacial score (nSPS) is 12.9. The Morgan fingerprint density at radius 3 is 2.64 bits per heavy atom. The Kier molecular flexibility index (Phi) is 7.42. The van der Waals surface area contributed by atoms with E-state index in [-0.39, 0.29) is 11.9 Å². The zero-order valence-corrected chi connectivity index (χ0v) is 9.55. The summed E-state index contributed by atoms with van der Waals surface area (Å²) >= 11 is 0. The molecular weight excluding hydrogens is 178 g/mol. The standard InChI is InChI=1S/C10H23N3O/c1-4-5-6-7-13(3)9(2)8-10(14)12-11/h9H,4-8,11H2,1-3H3,(H,12,14). The third-order valence-electron chi connectivity index (χ3n) is 2.51. The first kappa shape index (κ1) is 13.4. The average molecular weight is 201 g/mol. The number of rotatable bonds is 7. The molecule has 0 aliphatic heterocycles. The summed E-state index contributed by atoms with van der Waals surface area (Å²) in [7, 11) is 2.05. The van der Waals surface area contributed by atoms with Crippen LogP contribution in [0.3, 0.4) is 0 Å². The third-order valence-corrected chi connectivity index (χ3v) is 2.51. The molecule has 0 fully saturated rings. The van der Waals surface area contributed by atoms with Crippen molar-refractivity contribution in [3.05, 3.63) is 0 Å². The van der Waals surface area contributed by atoms with Crippen LogP contribution in [0.4, 0.5) is 0 Å². The molecule has 0 spiro atoms. The Labute approximate surface area is 86.8 Å². The highest BCUT2D eigenvalue weighted by molar-refractivity contribution is 5.75. The summed E-state index contributed by atoms with van der Waals surface area (Å²) in [5.74, 6) is 4.93. The highest BCUT2D eigenvalue weighted by Crippen LogP contribution is 2.03. The van der Waals surface area contributed by atoms with Gasteiger partial charge in [0.2, 0.25) is 5.91 Å². The van der Waals surface area contributed by atoms with Gasteiger partial charge in [-0.05, 0) is 26.9 Å². The van der Waals surface area contributed by atoms with Crippen molar-refractivity contribution in [1.82, 2.24) is 10.3 Å². The van der Waals surface area contributed by atoms with Crippen molar-refractivity contribution in [1.29, 1.82) is 0 Å². The van der Waals surface area contributed by atoms with Gasteiger partial charge in [0.1, 0.15) is 0 Å². The molecule has 4 heteroatoms. The van der Waals surface area contributed by atoms with Crippen LogP contribution in [0.25, 0.3) is 0 Å². The molecular formula is C10H23N3O.